The Kier molecular flexibility index (Phi) is 3.13. The van der Waals surface area contributed by atoms with Gasteiger partial charge in [-0.15, -0.1) is 0 Å². The molecule has 4 N–H and O–H groups in total. The summed E-state index contributed by atoms with van der Waals surface area (Å²) >= 11 is 0. The molecule has 0 fully saturated rings. The molecular formula is C13H10N2O3. The Balaban J connectivity index is 2.70. The van der Waals surface area contributed by atoms with Gasteiger partial charge in [-0.2, -0.15) is 0 Å². The Morgan fingerprint density at radius 1 is 1.44 bits per heavy atom. The molecular weight excluding hydrogens is 232 g/mol. The van der Waals surface area contributed by atoms with Crippen molar-refractivity contribution in [3.63, 3.8) is 0 Å². The lowest BCUT2D eigenvalue weighted by Crippen LogP contribution is -2.22. The average molecular weight is 242 g/mol. The van der Waals surface area contributed by atoms with Crippen LogP contribution in [0.3, 0.4) is 0 Å². The van der Waals surface area contributed by atoms with E-state index >= 15 is 0 Å². The first-order valence-electron chi connectivity index (χ1n) is 5.18. The number of primary amides is 1. The van der Waals surface area contributed by atoms with Crippen molar-refractivity contribution in [3.8, 4) is 11.8 Å². The van der Waals surface area contributed by atoms with Crippen molar-refractivity contribution in [3.05, 3.63) is 45.7 Å². The van der Waals surface area contributed by atoms with Crippen LogP contribution in [0.15, 0.2) is 29.2 Å². The Bertz CT molecular complexity index is 735. The molecule has 1 heterocycles. The summed E-state index contributed by atoms with van der Waals surface area (Å²) in [5.74, 6) is 4.41. The first-order chi connectivity index (χ1) is 8.63. The molecule has 0 atom stereocenters. The molecule has 90 valence electrons. The zero-order valence-corrected chi connectivity index (χ0v) is 9.36. The van der Waals surface area contributed by atoms with Crippen LogP contribution in [0.4, 0.5) is 0 Å². The van der Waals surface area contributed by atoms with E-state index in [0.29, 0.717) is 16.5 Å². The molecule has 0 saturated carbocycles. The number of H-pyrrole nitrogens is 1. The molecule has 0 bridgehead atoms. The van der Waals surface area contributed by atoms with Crippen LogP contribution in [0.25, 0.3) is 10.9 Å². The van der Waals surface area contributed by atoms with Gasteiger partial charge in [0.15, 0.2) is 0 Å². The summed E-state index contributed by atoms with van der Waals surface area (Å²) in [7, 11) is 0. The standard InChI is InChI=1S/C13H10N2O3/c14-13(18)10-7-15-11-4-3-8(2-1-5-16)6-9(11)12(10)17/h3-4,6-7,16H,5H2,(H2,14,18)(H,15,17). The predicted octanol–water partition coefficient (Wildman–Crippen LogP) is -0.0292. The molecule has 2 rings (SSSR count). The molecule has 5 heteroatoms. The maximum absolute atomic E-state index is 12.0. The van der Waals surface area contributed by atoms with Crippen LogP contribution in [-0.4, -0.2) is 22.6 Å². The largest absolute Gasteiger partial charge is 0.384 e. The van der Waals surface area contributed by atoms with E-state index in [-0.39, 0.29) is 12.2 Å². The highest BCUT2D eigenvalue weighted by molar-refractivity contribution is 5.96. The number of carbonyl (C=O) groups is 1. The number of benzene rings is 1. The number of amides is 1. The minimum atomic E-state index is -0.773. The van der Waals surface area contributed by atoms with Gasteiger partial charge in [-0.05, 0) is 18.2 Å². The number of carbonyl (C=O) groups excluding carboxylic acids is 1. The highest BCUT2D eigenvalue weighted by Gasteiger charge is 2.09. The number of hydrogen-bond donors (Lipinski definition) is 3. The molecule has 0 saturated heterocycles. The fourth-order valence-electron chi connectivity index (χ4n) is 1.62. The lowest BCUT2D eigenvalue weighted by Gasteiger charge is -2.00. The molecule has 5 nitrogen and oxygen atoms in total. The normalized spacial score (nSPS) is 9.83. The van der Waals surface area contributed by atoms with Gasteiger partial charge in [0, 0.05) is 22.7 Å². The molecule has 0 spiro atoms. The number of nitrogens with two attached hydrogens (primary N) is 1. The van der Waals surface area contributed by atoms with E-state index < -0.39 is 11.3 Å². The third-order valence-corrected chi connectivity index (χ3v) is 2.46. The van der Waals surface area contributed by atoms with E-state index in [0.717, 1.165) is 0 Å². The average Bonchev–Trinajstić information content (AvgIpc) is 2.36. The molecule has 1 aromatic heterocycles. The summed E-state index contributed by atoms with van der Waals surface area (Å²) in [5.41, 5.74) is 5.77. The zero-order valence-electron chi connectivity index (χ0n) is 9.36. The fraction of sp³-hybridized carbons (Fsp3) is 0.0769. The van der Waals surface area contributed by atoms with Gasteiger partial charge in [0.1, 0.15) is 12.2 Å². The Morgan fingerprint density at radius 2 is 2.22 bits per heavy atom. The van der Waals surface area contributed by atoms with Crippen molar-refractivity contribution in [1.82, 2.24) is 4.98 Å². The minimum Gasteiger partial charge on any atom is -0.384 e. The molecule has 1 amide bonds. The zero-order chi connectivity index (χ0) is 13.1. The van der Waals surface area contributed by atoms with Crippen molar-refractivity contribution in [2.75, 3.05) is 6.61 Å². The first-order valence-corrected chi connectivity index (χ1v) is 5.18. The third-order valence-electron chi connectivity index (χ3n) is 2.46. The Labute approximate surface area is 102 Å². The molecule has 0 radical (unpaired) electrons. The number of aromatic nitrogens is 1. The molecule has 0 aliphatic heterocycles. The molecule has 0 aliphatic carbocycles. The number of aliphatic hydroxyl groups excluding tert-OH is 1. The smallest absolute Gasteiger partial charge is 0.254 e. The SMILES string of the molecule is NC(=O)c1c[nH]c2ccc(C#CCO)cc2c1=O. The number of fused-ring (bicyclic) bond motifs is 1. The first kappa shape index (κ1) is 11.9. The van der Waals surface area contributed by atoms with Gasteiger partial charge in [-0.1, -0.05) is 11.8 Å². The van der Waals surface area contributed by atoms with Gasteiger partial charge < -0.3 is 15.8 Å². The van der Waals surface area contributed by atoms with E-state index in [2.05, 4.69) is 16.8 Å². The van der Waals surface area contributed by atoms with E-state index in [1.165, 1.54) is 6.20 Å². The van der Waals surface area contributed by atoms with E-state index in [1.807, 2.05) is 0 Å². The van der Waals surface area contributed by atoms with Crippen LogP contribution in [0, 0.1) is 11.8 Å². The second-order valence-electron chi connectivity index (χ2n) is 3.62. The fourth-order valence-corrected chi connectivity index (χ4v) is 1.62. The van der Waals surface area contributed by atoms with Gasteiger partial charge >= 0.3 is 0 Å². The minimum absolute atomic E-state index is 0.0882. The topological polar surface area (TPSA) is 96.2 Å². The van der Waals surface area contributed by atoms with Gasteiger partial charge in [0.05, 0.1) is 0 Å². The van der Waals surface area contributed by atoms with E-state index in [4.69, 9.17) is 10.8 Å². The monoisotopic (exact) mass is 242 g/mol. The Hall–Kier alpha value is -2.58. The maximum Gasteiger partial charge on any atom is 0.254 e. The van der Waals surface area contributed by atoms with Crippen molar-refractivity contribution >= 4 is 16.8 Å². The van der Waals surface area contributed by atoms with Crippen LogP contribution in [0.2, 0.25) is 0 Å². The highest BCUT2D eigenvalue weighted by Crippen LogP contribution is 2.10. The second-order valence-corrected chi connectivity index (χ2v) is 3.62. The maximum atomic E-state index is 12.0. The summed E-state index contributed by atoms with van der Waals surface area (Å²) < 4.78 is 0. The van der Waals surface area contributed by atoms with Crippen LogP contribution in [0.5, 0.6) is 0 Å². The van der Waals surface area contributed by atoms with Crippen molar-refractivity contribution in [1.29, 1.82) is 0 Å². The van der Waals surface area contributed by atoms with Gasteiger partial charge in [0.25, 0.3) is 5.91 Å². The molecule has 0 unspecified atom stereocenters. The van der Waals surface area contributed by atoms with E-state index in [1.54, 1.807) is 18.2 Å². The second kappa shape index (κ2) is 4.73. The number of aromatic amines is 1. The van der Waals surface area contributed by atoms with Crippen molar-refractivity contribution in [2.24, 2.45) is 5.73 Å². The van der Waals surface area contributed by atoms with Crippen molar-refractivity contribution in [2.45, 2.75) is 0 Å². The van der Waals surface area contributed by atoms with Crippen molar-refractivity contribution < 1.29 is 9.90 Å². The van der Waals surface area contributed by atoms with Crippen LogP contribution < -0.4 is 11.2 Å². The molecule has 2 aromatic rings. The Morgan fingerprint density at radius 3 is 2.89 bits per heavy atom. The van der Waals surface area contributed by atoms with Gasteiger partial charge in [0.2, 0.25) is 5.43 Å². The number of rotatable bonds is 1. The summed E-state index contributed by atoms with van der Waals surface area (Å²) in [6.45, 7) is -0.254. The quantitative estimate of drug-likeness (QED) is 0.613. The summed E-state index contributed by atoms with van der Waals surface area (Å²) in [5, 5.41) is 8.95. The number of nitrogens with one attached hydrogen (secondary N) is 1. The lowest BCUT2D eigenvalue weighted by molar-refractivity contribution is 0.0999. The number of hydrogen-bond acceptors (Lipinski definition) is 3. The highest BCUT2D eigenvalue weighted by atomic mass is 16.2. The molecule has 18 heavy (non-hydrogen) atoms. The summed E-state index contributed by atoms with van der Waals surface area (Å²) in [4.78, 5) is 25.9. The number of aliphatic hydroxyl groups is 1. The van der Waals surface area contributed by atoms with Gasteiger partial charge in [-0.3, -0.25) is 9.59 Å². The van der Waals surface area contributed by atoms with Gasteiger partial charge in [-0.25, -0.2) is 0 Å². The van der Waals surface area contributed by atoms with E-state index in [9.17, 15) is 9.59 Å². The van der Waals surface area contributed by atoms with Crippen LogP contribution >= 0.6 is 0 Å². The lowest BCUT2D eigenvalue weighted by atomic mass is 10.1. The van der Waals surface area contributed by atoms with Crippen LogP contribution in [-0.2, 0) is 0 Å². The molecule has 1 aromatic carbocycles. The third kappa shape index (κ3) is 2.10. The number of pyridine rings is 1. The predicted molar refractivity (Wildman–Crippen MR) is 67.1 cm³/mol. The molecule has 0 aliphatic rings. The summed E-state index contributed by atoms with van der Waals surface area (Å²) in [6, 6.07) is 4.96. The van der Waals surface area contributed by atoms with Crippen LogP contribution in [0.1, 0.15) is 15.9 Å². The summed E-state index contributed by atoms with van der Waals surface area (Å²) in [6.07, 6.45) is 1.30.